The van der Waals surface area contributed by atoms with Gasteiger partial charge in [-0.15, -0.1) is 0 Å². The zero-order valence-electron chi connectivity index (χ0n) is 11.1. The molecule has 19 heavy (non-hydrogen) atoms. The van der Waals surface area contributed by atoms with Crippen LogP contribution in [-0.2, 0) is 0 Å². The van der Waals surface area contributed by atoms with E-state index in [4.69, 9.17) is 9.47 Å². The molecule has 2 aliphatic heterocycles. The number of hydrogen-bond acceptors (Lipinski definition) is 4. The fourth-order valence-corrected chi connectivity index (χ4v) is 3.25. The second-order valence-corrected chi connectivity index (χ2v) is 5.68. The van der Waals surface area contributed by atoms with Crippen LogP contribution in [0, 0.1) is 5.92 Å². The van der Waals surface area contributed by atoms with Gasteiger partial charge in [-0.05, 0) is 36.5 Å². The van der Waals surface area contributed by atoms with E-state index in [0.717, 1.165) is 43.6 Å². The molecule has 1 aromatic rings. The van der Waals surface area contributed by atoms with Gasteiger partial charge in [0.25, 0.3) is 0 Å². The molecular weight excluding hydrogens is 240 g/mol. The van der Waals surface area contributed by atoms with Crippen molar-refractivity contribution < 1.29 is 9.47 Å². The maximum absolute atomic E-state index is 5.52. The molecule has 1 atom stereocenters. The second-order valence-electron chi connectivity index (χ2n) is 5.68. The van der Waals surface area contributed by atoms with Crippen molar-refractivity contribution in [3.05, 3.63) is 23.8 Å². The standard InChI is InChI=1S/C15H20N2O2/c1-2-11(1)15(17-7-5-16-6-8-17)12-3-4-13-14(9-12)19-10-18-13/h3-4,9,11,15-16H,1-2,5-8,10H2. The van der Waals surface area contributed by atoms with Crippen LogP contribution in [-0.4, -0.2) is 37.9 Å². The normalized spacial score (nSPS) is 24.4. The minimum atomic E-state index is 0.362. The lowest BCUT2D eigenvalue weighted by Gasteiger charge is -2.35. The maximum atomic E-state index is 5.52. The lowest BCUT2D eigenvalue weighted by molar-refractivity contribution is 0.155. The van der Waals surface area contributed by atoms with Crippen LogP contribution in [0.15, 0.2) is 18.2 Å². The minimum Gasteiger partial charge on any atom is -0.454 e. The second kappa shape index (κ2) is 4.69. The largest absolute Gasteiger partial charge is 0.454 e. The molecule has 4 heteroatoms. The molecule has 4 rings (SSSR count). The lowest BCUT2D eigenvalue weighted by Crippen LogP contribution is -2.45. The molecule has 3 aliphatic rings. The zero-order valence-corrected chi connectivity index (χ0v) is 11.1. The summed E-state index contributed by atoms with van der Waals surface area (Å²) in [6.07, 6.45) is 2.73. The molecule has 2 fully saturated rings. The van der Waals surface area contributed by atoms with Gasteiger partial charge in [0.2, 0.25) is 6.79 Å². The molecule has 2 heterocycles. The summed E-state index contributed by atoms with van der Waals surface area (Å²) in [6, 6.07) is 7.04. The number of ether oxygens (including phenoxy) is 2. The number of nitrogens with zero attached hydrogens (tertiary/aromatic N) is 1. The van der Waals surface area contributed by atoms with Crippen LogP contribution in [0.5, 0.6) is 11.5 Å². The molecule has 0 amide bonds. The van der Waals surface area contributed by atoms with Gasteiger partial charge in [0.1, 0.15) is 0 Å². The number of piperazine rings is 1. The molecule has 0 radical (unpaired) electrons. The molecule has 1 saturated carbocycles. The lowest BCUT2D eigenvalue weighted by atomic mass is 9.99. The van der Waals surface area contributed by atoms with Crippen LogP contribution in [0.25, 0.3) is 0 Å². The highest BCUT2D eigenvalue weighted by atomic mass is 16.7. The Bertz CT molecular complexity index is 467. The van der Waals surface area contributed by atoms with Crippen molar-refractivity contribution in [1.82, 2.24) is 10.2 Å². The average Bonchev–Trinajstić information content (AvgIpc) is 3.17. The van der Waals surface area contributed by atoms with Crippen molar-refractivity contribution in [3.63, 3.8) is 0 Å². The van der Waals surface area contributed by atoms with Gasteiger partial charge in [-0.1, -0.05) is 6.07 Å². The molecule has 0 bridgehead atoms. The minimum absolute atomic E-state index is 0.362. The Labute approximate surface area is 113 Å². The van der Waals surface area contributed by atoms with Gasteiger partial charge in [-0.2, -0.15) is 0 Å². The van der Waals surface area contributed by atoms with E-state index in [1.54, 1.807) is 0 Å². The van der Waals surface area contributed by atoms with E-state index in [9.17, 15) is 0 Å². The summed E-state index contributed by atoms with van der Waals surface area (Å²) >= 11 is 0. The number of rotatable bonds is 3. The molecule has 102 valence electrons. The average molecular weight is 260 g/mol. The summed E-state index contributed by atoms with van der Waals surface area (Å²) in [5.41, 5.74) is 1.40. The van der Waals surface area contributed by atoms with Gasteiger partial charge < -0.3 is 14.8 Å². The highest BCUT2D eigenvalue weighted by molar-refractivity contribution is 5.45. The van der Waals surface area contributed by atoms with Gasteiger partial charge in [0.15, 0.2) is 11.5 Å². The number of fused-ring (bicyclic) bond motifs is 1. The molecular formula is C15H20N2O2. The Morgan fingerprint density at radius 3 is 2.68 bits per heavy atom. The highest BCUT2D eigenvalue weighted by Crippen LogP contribution is 2.46. The Hall–Kier alpha value is -1.26. The van der Waals surface area contributed by atoms with Crippen LogP contribution >= 0.6 is 0 Å². The van der Waals surface area contributed by atoms with Crippen molar-refractivity contribution in [3.8, 4) is 11.5 Å². The van der Waals surface area contributed by atoms with E-state index in [2.05, 4.69) is 28.4 Å². The topological polar surface area (TPSA) is 33.7 Å². The molecule has 0 aromatic heterocycles. The Kier molecular flexibility index (Phi) is 2.85. The number of hydrogen-bond donors (Lipinski definition) is 1. The number of benzene rings is 1. The van der Waals surface area contributed by atoms with Crippen molar-refractivity contribution in [2.75, 3.05) is 33.0 Å². The molecule has 4 nitrogen and oxygen atoms in total. The first-order chi connectivity index (χ1) is 9.42. The summed E-state index contributed by atoms with van der Waals surface area (Å²) in [6.45, 7) is 4.87. The zero-order chi connectivity index (χ0) is 12.7. The molecule has 0 spiro atoms. The van der Waals surface area contributed by atoms with E-state index in [0.29, 0.717) is 12.8 Å². The first kappa shape index (κ1) is 11.6. The van der Waals surface area contributed by atoms with Crippen molar-refractivity contribution in [2.24, 2.45) is 5.92 Å². The van der Waals surface area contributed by atoms with Crippen LogP contribution in [0.2, 0.25) is 0 Å². The van der Waals surface area contributed by atoms with E-state index in [1.807, 2.05) is 0 Å². The monoisotopic (exact) mass is 260 g/mol. The third-order valence-corrected chi connectivity index (χ3v) is 4.35. The summed E-state index contributed by atoms with van der Waals surface area (Å²) in [5, 5.41) is 3.44. The first-order valence-electron chi connectivity index (χ1n) is 7.26. The van der Waals surface area contributed by atoms with Gasteiger partial charge in [0, 0.05) is 32.2 Å². The molecule has 1 unspecified atom stereocenters. The van der Waals surface area contributed by atoms with Gasteiger partial charge in [0.05, 0.1) is 0 Å². The SMILES string of the molecule is c1cc2c(cc1C(C1CC1)N1CCNCC1)OCO2. The fourth-order valence-electron chi connectivity index (χ4n) is 3.25. The van der Waals surface area contributed by atoms with Crippen molar-refractivity contribution in [2.45, 2.75) is 18.9 Å². The first-order valence-corrected chi connectivity index (χ1v) is 7.26. The summed E-state index contributed by atoms with van der Waals surface area (Å²) in [4.78, 5) is 2.63. The van der Waals surface area contributed by atoms with Gasteiger partial charge in [-0.3, -0.25) is 4.90 Å². The van der Waals surface area contributed by atoms with Crippen molar-refractivity contribution >= 4 is 0 Å². The molecule has 1 aliphatic carbocycles. The molecule has 1 N–H and O–H groups in total. The van der Waals surface area contributed by atoms with E-state index < -0.39 is 0 Å². The Morgan fingerprint density at radius 1 is 1.11 bits per heavy atom. The van der Waals surface area contributed by atoms with Crippen LogP contribution in [0.3, 0.4) is 0 Å². The molecule has 1 aromatic carbocycles. The van der Waals surface area contributed by atoms with E-state index in [1.165, 1.54) is 18.4 Å². The third kappa shape index (κ3) is 2.19. The summed E-state index contributed by atoms with van der Waals surface area (Å²) < 4.78 is 10.9. The maximum Gasteiger partial charge on any atom is 0.231 e. The predicted molar refractivity (Wildman–Crippen MR) is 72.5 cm³/mol. The van der Waals surface area contributed by atoms with Gasteiger partial charge >= 0.3 is 0 Å². The van der Waals surface area contributed by atoms with E-state index >= 15 is 0 Å². The quantitative estimate of drug-likeness (QED) is 0.898. The number of nitrogens with one attached hydrogen (secondary N) is 1. The predicted octanol–water partition coefficient (Wildman–Crippen LogP) is 1.77. The fraction of sp³-hybridized carbons (Fsp3) is 0.600. The smallest absolute Gasteiger partial charge is 0.231 e. The highest BCUT2D eigenvalue weighted by Gasteiger charge is 2.37. The van der Waals surface area contributed by atoms with E-state index in [-0.39, 0.29) is 0 Å². The summed E-state index contributed by atoms with van der Waals surface area (Å²) in [7, 11) is 0. The summed E-state index contributed by atoms with van der Waals surface area (Å²) in [5.74, 6) is 2.63. The Balaban J connectivity index is 1.62. The van der Waals surface area contributed by atoms with Crippen LogP contribution in [0.4, 0.5) is 0 Å². The molecule has 1 saturated heterocycles. The Morgan fingerprint density at radius 2 is 1.89 bits per heavy atom. The van der Waals surface area contributed by atoms with Crippen LogP contribution in [0.1, 0.15) is 24.4 Å². The van der Waals surface area contributed by atoms with Gasteiger partial charge in [-0.25, -0.2) is 0 Å². The van der Waals surface area contributed by atoms with Crippen molar-refractivity contribution in [1.29, 1.82) is 0 Å². The third-order valence-electron chi connectivity index (χ3n) is 4.35. The van der Waals surface area contributed by atoms with Crippen LogP contribution < -0.4 is 14.8 Å².